The predicted molar refractivity (Wildman–Crippen MR) is 131 cm³/mol. The van der Waals surface area contributed by atoms with Crippen molar-refractivity contribution in [1.29, 1.82) is 0 Å². The van der Waals surface area contributed by atoms with Crippen LogP contribution < -0.4 is 4.90 Å². The van der Waals surface area contributed by atoms with Crippen LogP contribution in [-0.2, 0) is 14.6 Å². The van der Waals surface area contributed by atoms with Gasteiger partial charge in [0.05, 0.1) is 38.9 Å². The Hall–Kier alpha value is -1.56. The molecule has 0 radical (unpaired) electrons. The van der Waals surface area contributed by atoms with E-state index in [-0.39, 0.29) is 10.8 Å². The van der Waals surface area contributed by atoms with Crippen molar-refractivity contribution in [3.8, 4) is 0 Å². The molecule has 1 aliphatic rings. The third-order valence-corrected chi connectivity index (χ3v) is 8.13. The number of morpholine rings is 1. The highest BCUT2D eigenvalue weighted by Gasteiger charge is 2.25. The average molecular weight is 559 g/mol. The van der Waals surface area contributed by atoms with Gasteiger partial charge < -0.3 is 4.74 Å². The van der Waals surface area contributed by atoms with E-state index in [1.807, 2.05) is 0 Å². The second-order valence-corrected chi connectivity index (χ2v) is 11.8. The lowest BCUT2D eigenvalue weighted by Crippen LogP contribution is -2.43. The highest BCUT2D eigenvalue weighted by molar-refractivity contribution is 9.10. The average Bonchev–Trinajstić information content (AvgIpc) is 3.18. The van der Waals surface area contributed by atoms with Crippen molar-refractivity contribution in [3.63, 3.8) is 0 Å². The summed E-state index contributed by atoms with van der Waals surface area (Å²) < 4.78 is 30.7. The topological polar surface area (TPSA) is 79.8 Å². The van der Waals surface area contributed by atoms with Gasteiger partial charge >= 0.3 is 0 Å². The van der Waals surface area contributed by atoms with E-state index in [1.165, 1.54) is 23.7 Å². The number of nitrogens with zero attached hydrogens (tertiary/aromatic N) is 3. The first-order valence-corrected chi connectivity index (χ1v) is 13.8. The Balaban J connectivity index is 1.70. The first-order chi connectivity index (χ1) is 15.2. The summed E-state index contributed by atoms with van der Waals surface area (Å²) in [5, 5.41) is 0.856. The van der Waals surface area contributed by atoms with Gasteiger partial charge in [0.25, 0.3) is 5.91 Å². The number of benzene rings is 2. The number of amides is 1. The Morgan fingerprint density at radius 3 is 2.72 bits per heavy atom. The number of thiazole rings is 1. The van der Waals surface area contributed by atoms with Crippen molar-refractivity contribution in [2.45, 2.75) is 4.90 Å². The van der Waals surface area contributed by atoms with E-state index in [9.17, 15) is 13.2 Å². The molecule has 3 aromatic rings. The van der Waals surface area contributed by atoms with Gasteiger partial charge in [-0.25, -0.2) is 13.4 Å². The Bertz CT molecular complexity index is 1260. The number of fused-ring (bicyclic) bond motifs is 1. The third-order valence-electron chi connectivity index (χ3n) is 5.16. The molecule has 1 aromatic heterocycles. The largest absolute Gasteiger partial charge is 0.379 e. The zero-order chi connectivity index (χ0) is 22.9. The van der Waals surface area contributed by atoms with Crippen LogP contribution in [0.15, 0.2) is 45.8 Å². The quantitative estimate of drug-likeness (QED) is 0.453. The fraction of sp³-hybridized carbons (Fsp3) is 0.333. The van der Waals surface area contributed by atoms with Crippen LogP contribution in [0.1, 0.15) is 10.4 Å². The van der Waals surface area contributed by atoms with E-state index < -0.39 is 9.84 Å². The second kappa shape index (κ2) is 9.74. The van der Waals surface area contributed by atoms with Crippen LogP contribution in [0, 0.1) is 0 Å². The first-order valence-electron chi connectivity index (χ1n) is 9.90. The van der Waals surface area contributed by atoms with Gasteiger partial charge in [-0.05, 0) is 36.4 Å². The predicted octanol–water partition coefficient (Wildman–Crippen LogP) is 4.09. The summed E-state index contributed by atoms with van der Waals surface area (Å²) in [6.45, 7) is 4.02. The zero-order valence-electron chi connectivity index (χ0n) is 17.3. The Labute approximate surface area is 204 Å². The lowest BCUT2D eigenvalue weighted by Gasteiger charge is -2.29. The summed E-state index contributed by atoms with van der Waals surface area (Å²) in [5.74, 6) is -0.257. The lowest BCUT2D eigenvalue weighted by molar-refractivity contribution is 0.0391. The first kappa shape index (κ1) is 23.6. The molecule has 1 saturated heterocycles. The number of rotatable bonds is 6. The van der Waals surface area contributed by atoms with Crippen LogP contribution in [0.2, 0.25) is 5.02 Å². The molecule has 2 aromatic carbocycles. The molecule has 0 unspecified atom stereocenters. The maximum atomic E-state index is 13.5. The summed E-state index contributed by atoms with van der Waals surface area (Å²) >= 11 is 11.0. The number of sulfone groups is 1. The highest BCUT2D eigenvalue weighted by Crippen LogP contribution is 2.32. The van der Waals surface area contributed by atoms with Crippen molar-refractivity contribution in [1.82, 2.24) is 9.88 Å². The SMILES string of the molecule is CS(=O)(=O)c1ccc2nc(N(CCN3CCOCC3)C(=O)c3cc(Br)ccc3Cl)sc2c1. The summed E-state index contributed by atoms with van der Waals surface area (Å²) in [7, 11) is -3.34. The van der Waals surface area contributed by atoms with Gasteiger partial charge in [0, 0.05) is 36.9 Å². The molecule has 1 fully saturated rings. The molecule has 4 rings (SSSR count). The van der Waals surface area contributed by atoms with E-state index in [4.69, 9.17) is 16.3 Å². The highest BCUT2D eigenvalue weighted by atomic mass is 79.9. The summed E-state index contributed by atoms with van der Waals surface area (Å²) in [4.78, 5) is 22.3. The molecule has 0 bridgehead atoms. The van der Waals surface area contributed by atoms with Crippen molar-refractivity contribution in [3.05, 3.63) is 51.5 Å². The van der Waals surface area contributed by atoms with Gasteiger partial charge in [0.15, 0.2) is 15.0 Å². The molecule has 0 saturated carbocycles. The fourth-order valence-electron chi connectivity index (χ4n) is 3.40. The number of anilines is 1. The number of hydrogen-bond acceptors (Lipinski definition) is 7. The van der Waals surface area contributed by atoms with Gasteiger partial charge in [0.1, 0.15) is 0 Å². The van der Waals surface area contributed by atoms with Gasteiger partial charge in [-0.1, -0.05) is 38.9 Å². The third kappa shape index (κ3) is 5.32. The zero-order valence-corrected chi connectivity index (χ0v) is 21.2. The minimum atomic E-state index is -3.34. The molecular weight excluding hydrogens is 538 g/mol. The van der Waals surface area contributed by atoms with E-state index in [0.29, 0.717) is 52.2 Å². The molecule has 2 heterocycles. The van der Waals surface area contributed by atoms with Gasteiger partial charge in [-0.2, -0.15) is 0 Å². The number of carbonyl (C=O) groups is 1. The Morgan fingerprint density at radius 1 is 1.25 bits per heavy atom. The van der Waals surface area contributed by atoms with Crippen molar-refractivity contribution in [2.24, 2.45) is 0 Å². The number of ether oxygens (including phenoxy) is 1. The fourth-order valence-corrected chi connectivity index (χ4v) is 5.71. The molecule has 0 aliphatic carbocycles. The molecule has 0 atom stereocenters. The molecule has 0 spiro atoms. The maximum absolute atomic E-state index is 13.5. The Morgan fingerprint density at radius 2 is 2.00 bits per heavy atom. The van der Waals surface area contributed by atoms with E-state index in [1.54, 1.807) is 35.2 Å². The van der Waals surface area contributed by atoms with Crippen LogP contribution in [0.25, 0.3) is 10.2 Å². The van der Waals surface area contributed by atoms with Gasteiger partial charge in [-0.3, -0.25) is 14.6 Å². The van der Waals surface area contributed by atoms with E-state index >= 15 is 0 Å². The molecule has 32 heavy (non-hydrogen) atoms. The monoisotopic (exact) mass is 557 g/mol. The summed E-state index contributed by atoms with van der Waals surface area (Å²) in [6.07, 6.45) is 1.17. The maximum Gasteiger partial charge on any atom is 0.261 e. The molecular formula is C21H21BrClN3O4S2. The van der Waals surface area contributed by atoms with Crippen LogP contribution in [0.4, 0.5) is 5.13 Å². The molecule has 1 aliphatic heterocycles. The standard InChI is InChI=1S/C21H21BrClN3O4S2/c1-32(28,29)15-3-5-18-19(13-15)31-21(24-18)26(7-6-25-8-10-30-11-9-25)20(27)16-12-14(22)2-4-17(16)23/h2-5,12-13H,6-11H2,1H3. The van der Waals surface area contributed by atoms with Crippen molar-refractivity contribution in [2.75, 3.05) is 50.5 Å². The van der Waals surface area contributed by atoms with E-state index in [2.05, 4.69) is 25.8 Å². The van der Waals surface area contributed by atoms with Gasteiger partial charge in [0.2, 0.25) is 0 Å². The minimum Gasteiger partial charge on any atom is -0.379 e. The van der Waals surface area contributed by atoms with Crippen LogP contribution in [-0.4, -0.2) is 69.9 Å². The van der Waals surface area contributed by atoms with Crippen LogP contribution in [0.5, 0.6) is 0 Å². The van der Waals surface area contributed by atoms with E-state index in [0.717, 1.165) is 17.6 Å². The molecule has 11 heteroatoms. The number of carbonyl (C=O) groups excluding carboxylic acids is 1. The number of aromatic nitrogens is 1. The second-order valence-electron chi connectivity index (χ2n) is 7.43. The lowest BCUT2D eigenvalue weighted by atomic mass is 10.2. The van der Waals surface area contributed by atoms with Crippen LogP contribution in [0.3, 0.4) is 0 Å². The number of hydrogen-bond donors (Lipinski definition) is 0. The summed E-state index contributed by atoms with van der Waals surface area (Å²) in [6, 6.07) is 9.95. The van der Waals surface area contributed by atoms with Crippen molar-refractivity contribution < 1.29 is 17.9 Å². The summed E-state index contributed by atoms with van der Waals surface area (Å²) in [5.41, 5.74) is 1.01. The molecule has 0 N–H and O–H groups in total. The Kier molecular flexibility index (Phi) is 7.18. The molecule has 1 amide bonds. The van der Waals surface area contributed by atoms with Crippen molar-refractivity contribution >= 4 is 70.0 Å². The normalized spacial score (nSPS) is 15.2. The molecule has 170 valence electrons. The van der Waals surface area contributed by atoms with Gasteiger partial charge in [-0.15, -0.1) is 0 Å². The smallest absolute Gasteiger partial charge is 0.261 e. The number of halogens is 2. The minimum absolute atomic E-state index is 0.224. The van der Waals surface area contributed by atoms with Crippen LogP contribution >= 0.6 is 38.9 Å². The molecule has 7 nitrogen and oxygen atoms in total.